The number of benzene rings is 2. The largest absolute Gasteiger partial charge is 0.348 e. The van der Waals surface area contributed by atoms with Crippen LogP contribution in [0.2, 0.25) is 0 Å². The van der Waals surface area contributed by atoms with E-state index in [9.17, 15) is 0 Å². The summed E-state index contributed by atoms with van der Waals surface area (Å²) < 4.78 is 0. The predicted octanol–water partition coefficient (Wildman–Crippen LogP) is 4.13. The molecule has 0 spiro atoms. The van der Waals surface area contributed by atoms with Crippen LogP contribution in [-0.2, 0) is 6.54 Å². The van der Waals surface area contributed by atoms with E-state index in [2.05, 4.69) is 60.5 Å². The fraction of sp³-hybridized carbons (Fsp3) is 0.235. The van der Waals surface area contributed by atoms with Crippen LogP contribution in [0.15, 0.2) is 48.5 Å². The number of aryl methyl sites for hydroxylation is 2. The van der Waals surface area contributed by atoms with Crippen LogP contribution < -0.4 is 5.32 Å². The average molecular weight is 284 g/mol. The molecule has 2 aromatic carbocycles. The molecule has 0 fully saturated rings. The van der Waals surface area contributed by atoms with Crippen molar-refractivity contribution < 1.29 is 0 Å². The summed E-state index contributed by atoms with van der Waals surface area (Å²) in [5.41, 5.74) is 4.84. The summed E-state index contributed by atoms with van der Waals surface area (Å²) >= 11 is 5.46. The lowest BCUT2D eigenvalue weighted by Crippen LogP contribution is -2.30. The molecule has 0 aliphatic heterocycles. The van der Waals surface area contributed by atoms with E-state index in [4.69, 9.17) is 12.2 Å². The lowest BCUT2D eigenvalue weighted by Gasteiger charge is -2.22. The number of nitrogens with one attached hydrogen (secondary N) is 1. The molecule has 0 atom stereocenters. The van der Waals surface area contributed by atoms with Crippen molar-refractivity contribution in [2.75, 3.05) is 12.4 Å². The zero-order chi connectivity index (χ0) is 14.5. The van der Waals surface area contributed by atoms with Gasteiger partial charge in [0.1, 0.15) is 0 Å². The number of hydrogen-bond acceptors (Lipinski definition) is 1. The number of hydrogen-bond donors (Lipinski definition) is 1. The number of thiocarbonyl (C=S) groups is 1. The van der Waals surface area contributed by atoms with E-state index in [1.807, 2.05) is 19.2 Å². The molecule has 0 bridgehead atoms. The van der Waals surface area contributed by atoms with Crippen molar-refractivity contribution in [2.24, 2.45) is 0 Å². The van der Waals surface area contributed by atoms with Gasteiger partial charge in [0, 0.05) is 19.3 Å². The Hall–Kier alpha value is -1.87. The van der Waals surface area contributed by atoms with Gasteiger partial charge < -0.3 is 10.2 Å². The molecule has 0 aliphatic rings. The predicted molar refractivity (Wildman–Crippen MR) is 90.0 cm³/mol. The molecule has 2 rings (SSSR count). The van der Waals surface area contributed by atoms with Crippen molar-refractivity contribution in [3.8, 4) is 0 Å². The standard InChI is InChI=1S/C17H20N2S/c1-13-7-6-10-16(11-13)18-17(20)19(3)12-15-9-5-4-8-14(15)2/h4-11H,12H2,1-3H3,(H,18,20). The molecule has 0 radical (unpaired) electrons. The van der Waals surface area contributed by atoms with Crippen LogP contribution in [0.3, 0.4) is 0 Å². The Bertz CT molecular complexity index is 607. The fourth-order valence-electron chi connectivity index (χ4n) is 2.06. The maximum atomic E-state index is 5.46. The zero-order valence-electron chi connectivity index (χ0n) is 12.2. The van der Waals surface area contributed by atoms with Crippen molar-refractivity contribution in [1.82, 2.24) is 4.90 Å². The Labute approximate surface area is 126 Å². The van der Waals surface area contributed by atoms with Crippen LogP contribution in [0.5, 0.6) is 0 Å². The van der Waals surface area contributed by atoms with Crippen LogP contribution in [-0.4, -0.2) is 17.1 Å². The van der Waals surface area contributed by atoms with Crippen LogP contribution in [0, 0.1) is 13.8 Å². The second kappa shape index (κ2) is 6.53. The summed E-state index contributed by atoms with van der Waals surface area (Å²) in [6.07, 6.45) is 0. The first-order chi connectivity index (χ1) is 9.56. The highest BCUT2D eigenvalue weighted by atomic mass is 32.1. The highest BCUT2D eigenvalue weighted by molar-refractivity contribution is 7.80. The minimum absolute atomic E-state index is 0.735. The lowest BCUT2D eigenvalue weighted by atomic mass is 10.1. The first-order valence-corrected chi connectivity index (χ1v) is 7.10. The van der Waals surface area contributed by atoms with Gasteiger partial charge in [-0.1, -0.05) is 36.4 Å². The fourth-order valence-corrected chi connectivity index (χ4v) is 2.24. The van der Waals surface area contributed by atoms with E-state index in [0.29, 0.717) is 0 Å². The molecule has 20 heavy (non-hydrogen) atoms. The van der Waals surface area contributed by atoms with Gasteiger partial charge in [-0.05, 0) is 54.9 Å². The second-order valence-corrected chi connectivity index (χ2v) is 5.47. The van der Waals surface area contributed by atoms with Crippen molar-refractivity contribution in [1.29, 1.82) is 0 Å². The van der Waals surface area contributed by atoms with E-state index in [-0.39, 0.29) is 0 Å². The average Bonchev–Trinajstić information content (AvgIpc) is 2.41. The number of anilines is 1. The third-order valence-corrected chi connectivity index (χ3v) is 3.70. The Balaban J connectivity index is 2.01. The highest BCUT2D eigenvalue weighted by Gasteiger charge is 2.07. The summed E-state index contributed by atoms with van der Waals surface area (Å²) in [6.45, 7) is 5.01. The van der Waals surface area contributed by atoms with Crippen LogP contribution in [0.4, 0.5) is 5.69 Å². The molecular formula is C17H20N2S. The molecular weight excluding hydrogens is 264 g/mol. The van der Waals surface area contributed by atoms with Crippen LogP contribution in [0.1, 0.15) is 16.7 Å². The normalized spacial score (nSPS) is 10.2. The van der Waals surface area contributed by atoms with E-state index in [1.165, 1.54) is 16.7 Å². The quantitative estimate of drug-likeness (QED) is 0.853. The van der Waals surface area contributed by atoms with Gasteiger partial charge in [0.2, 0.25) is 0 Å². The van der Waals surface area contributed by atoms with Crippen LogP contribution in [0.25, 0.3) is 0 Å². The van der Waals surface area contributed by atoms with Gasteiger partial charge in [-0.15, -0.1) is 0 Å². The maximum absolute atomic E-state index is 5.46. The molecule has 0 heterocycles. The maximum Gasteiger partial charge on any atom is 0.173 e. The first kappa shape index (κ1) is 14.5. The molecule has 0 aliphatic carbocycles. The zero-order valence-corrected chi connectivity index (χ0v) is 13.0. The number of rotatable bonds is 3. The Kier molecular flexibility index (Phi) is 4.74. The smallest absolute Gasteiger partial charge is 0.173 e. The Morgan fingerprint density at radius 3 is 2.55 bits per heavy atom. The van der Waals surface area contributed by atoms with Crippen LogP contribution >= 0.6 is 12.2 Å². The van der Waals surface area contributed by atoms with Gasteiger partial charge >= 0.3 is 0 Å². The molecule has 1 N–H and O–H groups in total. The Morgan fingerprint density at radius 2 is 1.85 bits per heavy atom. The highest BCUT2D eigenvalue weighted by Crippen LogP contribution is 2.13. The molecule has 104 valence electrons. The lowest BCUT2D eigenvalue weighted by molar-refractivity contribution is 0.507. The number of nitrogens with zero attached hydrogens (tertiary/aromatic N) is 1. The summed E-state index contributed by atoms with van der Waals surface area (Å²) in [4.78, 5) is 2.06. The second-order valence-electron chi connectivity index (χ2n) is 5.08. The van der Waals surface area contributed by atoms with Crippen molar-refractivity contribution in [3.63, 3.8) is 0 Å². The summed E-state index contributed by atoms with van der Waals surface area (Å²) in [6, 6.07) is 16.6. The molecule has 0 aromatic heterocycles. The van der Waals surface area contributed by atoms with Gasteiger partial charge in [-0.3, -0.25) is 0 Å². The summed E-state index contributed by atoms with van der Waals surface area (Å²) in [5, 5.41) is 4.01. The third kappa shape index (κ3) is 3.81. The van der Waals surface area contributed by atoms with Crippen molar-refractivity contribution in [3.05, 3.63) is 65.2 Å². The minimum atomic E-state index is 0.735. The van der Waals surface area contributed by atoms with Crippen molar-refractivity contribution >= 4 is 23.0 Å². The van der Waals surface area contributed by atoms with Gasteiger partial charge in [0.05, 0.1) is 0 Å². The van der Waals surface area contributed by atoms with E-state index in [1.54, 1.807) is 0 Å². The van der Waals surface area contributed by atoms with Gasteiger partial charge in [0.25, 0.3) is 0 Å². The van der Waals surface area contributed by atoms with E-state index >= 15 is 0 Å². The molecule has 0 amide bonds. The third-order valence-electron chi connectivity index (χ3n) is 3.28. The summed E-state index contributed by atoms with van der Waals surface area (Å²) in [7, 11) is 2.01. The Morgan fingerprint density at radius 1 is 1.10 bits per heavy atom. The molecule has 0 saturated carbocycles. The van der Waals surface area contributed by atoms with E-state index in [0.717, 1.165) is 17.3 Å². The van der Waals surface area contributed by atoms with E-state index < -0.39 is 0 Å². The molecule has 3 heteroatoms. The summed E-state index contributed by atoms with van der Waals surface area (Å²) in [5.74, 6) is 0. The molecule has 2 aromatic rings. The first-order valence-electron chi connectivity index (χ1n) is 6.69. The topological polar surface area (TPSA) is 15.3 Å². The van der Waals surface area contributed by atoms with Crippen molar-refractivity contribution in [2.45, 2.75) is 20.4 Å². The molecule has 0 unspecified atom stereocenters. The molecule has 0 saturated heterocycles. The van der Waals surface area contributed by atoms with Gasteiger partial charge in [0.15, 0.2) is 5.11 Å². The SMILES string of the molecule is Cc1cccc(NC(=S)N(C)Cc2ccccc2C)c1. The van der Waals surface area contributed by atoms with Gasteiger partial charge in [-0.25, -0.2) is 0 Å². The molecule has 2 nitrogen and oxygen atoms in total. The minimum Gasteiger partial charge on any atom is -0.348 e. The monoisotopic (exact) mass is 284 g/mol. The van der Waals surface area contributed by atoms with Gasteiger partial charge in [-0.2, -0.15) is 0 Å².